The molecule has 0 atom stereocenters. The lowest BCUT2D eigenvalue weighted by atomic mass is 9.70. The largest absolute Gasteiger partial charge is 0.455 e. The first kappa shape index (κ1) is 21.5. The molecule has 0 saturated heterocycles. The Kier molecular flexibility index (Phi) is 6.73. The summed E-state index contributed by atoms with van der Waals surface area (Å²) in [5.41, 5.74) is 3.29. The quantitative estimate of drug-likeness (QED) is 0.660. The summed E-state index contributed by atoms with van der Waals surface area (Å²) in [6.07, 6.45) is 3.76. The Morgan fingerprint density at radius 3 is 2.41 bits per heavy atom. The van der Waals surface area contributed by atoms with E-state index in [0.29, 0.717) is 11.0 Å². The number of anilines is 1. The van der Waals surface area contributed by atoms with Crippen molar-refractivity contribution in [1.29, 1.82) is 0 Å². The molecule has 1 heterocycles. The number of nitrogens with zero attached hydrogens (tertiary/aromatic N) is 1. The van der Waals surface area contributed by atoms with Gasteiger partial charge in [0.15, 0.2) is 11.7 Å². The minimum absolute atomic E-state index is 0.0885. The average Bonchev–Trinajstić information content (AvgIpc) is 3.14. The van der Waals surface area contributed by atoms with Crippen LogP contribution in [-0.2, 0) is 14.3 Å². The third kappa shape index (κ3) is 5.89. The first-order valence-corrected chi connectivity index (χ1v) is 11.1. The number of thiazole rings is 1. The number of ether oxygens (including phenoxy) is 1. The topological polar surface area (TPSA) is 68.3 Å². The van der Waals surface area contributed by atoms with Crippen molar-refractivity contribution in [3.63, 3.8) is 0 Å². The minimum Gasteiger partial charge on any atom is -0.455 e. The molecule has 0 bridgehead atoms. The van der Waals surface area contributed by atoms with Gasteiger partial charge in [-0.1, -0.05) is 50.6 Å². The summed E-state index contributed by atoms with van der Waals surface area (Å²) in [5.74, 6) is -0.0598. The lowest BCUT2D eigenvalue weighted by Crippen LogP contribution is -2.31. The van der Waals surface area contributed by atoms with E-state index >= 15 is 0 Å². The zero-order chi connectivity index (χ0) is 21.0. The Bertz CT molecular complexity index is 844. The number of hydrogen-bond donors (Lipinski definition) is 1. The third-order valence-corrected chi connectivity index (χ3v) is 6.49. The molecule has 1 saturated carbocycles. The molecule has 0 unspecified atom stereocenters. The zero-order valence-corrected chi connectivity index (χ0v) is 18.5. The van der Waals surface area contributed by atoms with E-state index in [1.165, 1.54) is 16.9 Å². The van der Waals surface area contributed by atoms with Crippen molar-refractivity contribution in [2.75, 3.05) is 11.9 Å². The van der Waals surface area contributed by atoms with Crippen LogP contribution in [-0.4, -0.2) is 23.5 Å². The second-order valence-electron chi connectivity index (χ2n) is 8.97. The van der Waals surface area contributed by atoms with E-state index < -0.39 is 0 Å². The van der Waals surface area contributed by atoms with Crippen LogP contribution >= 0.6 is 11.3 Å². The van der Waals surface area contributed by atoms with Crippen molar-refractivity contribution < 1.29 is 14.3 Å². The highest BCUT2D eigenvalue weighted by atomic mass is 32.1. The standard InChI is InChI=1S/C23H30N2O3S/c1-15-5-7-16(8-6-15)19-14-29-22(24-19)25-20(26)13-28-21(27)17-9-11-18(12-10-17)23(2,3)4/h5-8,14,17-18H,9-13H2,1-4H3,(H,24,25,26). The van der Waals surface area contributed by atoms with E-state index in [9.17, 15) is 9.59 Å². The molecule has 1 N–H and O–H groups in total. The molecule has 0 radical (unpaired) electrons. The Hall–Kier alpha value is -2.21. The van der Waals surface area contributed by atoms with Gasteiger partial charge in [0.25, 0.3) is 5.91 Å². The van der Waals surface area contributed by atoms with Crippen LogP contribution in [0.4, 0.5) is 5.13 Å². The second-order valence-corrected chi connectivity index (χ2v) is 9.83. The van der Waals surface area contributed by atoms with Gasteiger partial charge in [-0.15, -0.1) is 11.3 Å². The second kappa shape index (κ2) is 9.08. The normalized spacial score (nSPS) is 19.6. The van der Waals surface area contributed by atoms with Crippen LogP contribution in [0.5, 0.6) is 0 Å². The van der Waals surface area contributed by atoms with E-state index in [1.807, 2.05) is 36.6 Å². The monoisotopic (exact) mass is 414 g/mol. The first-order chi connectivity index (χ1) is 13.7. The van der Waals surface area contributed by atoms with Crippen LogP contribution in [0.3, 0.4) is 0 Å². The summed E-state index contributed by atoms with van der Waals surface area (Å²) in [6.45, 7) is 8.53. The van der Waals surface area contributed by atoms with E-state index in [4.69, 9.17) is 4.74 Å². The molecule has 1 amide bonds. The first-order valence-electron chi connectivity index (χ1n) is 10.2. The summed E-state index contributed by atoms with van der Waals surface area (Å²) in [4.78, 5) is 28.9. The zero-order valence-electron chi connectivity index (χ0n) is 17.7. The van der Waals surface area contributed by atoms with E-state index in [1.54, 1.807) is 0 Å². The van der Waals surface area contributed by atoms with E-state index in [-0.39, 0.29) is 29.8 Å². The molecule has 156 valence electrons. The average molecular weight is 415 g/mol. The van der Waals surface area contributed by atoms with Gasteiger partial charge in [0.2, 0.25) is 0 Å². The molecule has 1 aromatic heterocycles. The predicted octanol–water partition coefficient (Wildman–Crippen LogP) is 5.45. The number of amides is 1. The Balaban J connectivity index is 1.44. The summed E-state index contributed by atoms with van der Waals surface area (Å²) in [5, 5.41) is 5.13. The number of esters is 1. The Labute approximate surface area is 176 Å². The highest BCUT2D eigenvalue weighted by Gasteiger charge is 2.33. The van der Waals surface area contributed by atoms with Gasteiger partial charge in [0.1, 0.15) is 0 Å². The lowest BCUT2D eigenvalue weighted by molar-refractivity contribution is -0.153. The van der Waals surface area contributed by atoms with Gasteiger partial charge in [0, 0.05) is 10.9 Å². The van der Waals surface area contributed by atoms with Gasteiger partial charge in [-0.25, -0.2) is 4.98 Å². The van der Waals surface area contributed by atoms with Crippen molar-refractivity contribution in [2.45, 2.75) is 53.4 Å². The molecule has 1 fully saturated rings. The van der Waals surface area contributed by atoms with Crippen molar-refractivity contribution in [3.8, 4) is 11.3 Å². The number of aromatic nitrogens is 1. The minimum atomic E-state index is -0.355. The molecular weight excluding hydrogens is 384 g/mol. The van der Waals surface area contributed by atoms with Crippen LogP contribution in [0.1, 0.15) is 52.0 Å². The molecule has 0 aliphatic heterocycles. The predicted molar refractivity (Wildman–Crippen MR) is 117 cm³/mol. The number of benzene rings is 1. The molecule has 6 heteroatoms. The Morgan fingerprint density at radius 1 is 1.14 bits per heavy atom. The van der Waals surface area contributed by atoms with Crippen LogP contribution in [0.25, 0.3) is 11.3 Å². The maximum Gasteiger partial charge on any atom is 0.309 e. The summed E-state index contributed by atoms with van der Waals surface area (Å²) >= 11 is 1.36. The molecule has 29 heavy (non-hydrogen) atoms. The fourth-order valence-electron chi connectivity index (χ4n) is 3.79. The van der Waals surface area contributed by atoms with Crippen LogP contribution in [0.15, 0.2) is 29.6 Å². The molecular formula is C23H30N2O3S. The molecule has 1 aliphatic rings. The highest BCUT2D eigenvalue weighted by molar-refractivity contribution is 7.14. The number of carbonyl (C=O) groups is 2. The fourth-order valence-corrected chi connectivity index (χ4v) is 4.53. The number of carbonyl (C=O) groups excluding carboxylic acids is 2. The fraction of sp³-hybridized carbons (Fsp3) is 0.522. The van der Waals surface area contributed by atoms with E-state index in [2.05, 4.69) is 31.1 Å². The van der Waals surface area contributed by atoms with Gasteiger partial charge < -0.3 is 4.74 Å². The van der Waals surface area contributed by atoms with Gasteiger partial charge >= 0.3 is 5.97 Å². The van der Waals surface area contributed by atoms with Crippen molar-refractivity contribution in [2.24, 2.45) is 17.3 Å². The lowest BCUT2D eigenvalue weighted by Gasteiger charge is -2.36. The van der Waals surface area contributed by atoms with Crippen LogP contribution < -0.4 is 5.32 Å². The molecule has 1 aliphatic carbocycles. The summed E-state index contributed by atoms with van der Waals surface area (Å²) in [7, 11) is 0. The number of hydrogen-bond acceptors (Lipinski definition) is 5. The molecule has 0 spiro atoms. The highest BCUT2D eigenvalue weighted by Crippen LogP contribution is 2.40. The van der Waals surface area contributed by atoms with Crippen LogP contribution in [0.2, 0.25) is 0 Å². The number of nitrogens with one attached hydrogen (secondary N) is 1. The van der Waals surface area contributed by atoms with E-state index in [0.717, 1.165) is 36.9 Å². The van der Waals surface area contributed by atoms with Gasteiger partial charge in [-0.2, -0.15) is 0 Å². The number of rotatable bonds is 5. The summed E-state index contributed by atoms with van der Waals surface area (Å²) < 4.78 is 5.27. The molecule has 1 aromatic carbocycles. The molecule has 2 aromatic rings. The third-order valence-electron chi connectivity index (χ3n) is 5.73. The van der Waals surface area contributed by atoms with Gasteiger partial charge in [-0.3, -0.25) is 14.9 Å². The molecule has 5 nitrogen and oxygen atoms in total. The molecule has 3 rings (SSSR count). The Morgan fingerprint density at radius 2 is 1.79 bits per heavy atom. The van der Waals surface area contributed by atoms with Gasteiger partial charge in [0.05, 0.1) is 11.6 Å². The van der Waals surface area contributed by atoms with Crippen molar-refractivity contribution in [3.05, 3.63) is 35.2 Å². The maximum absolute atomic E-state index is 12.3. The SMILES string of the molecule is Cc1ccc(-c2csc(NC(=O)COC(=O)C3CCC(C(C)(C)C)CC3)n2)cc1. The number of aryl methyl sites for hydroxylation is 1. The van der Waals surface area contributed by atoms with Crippen molar-refractivity contribution >= 4 is 28.3 Å². The van der Waals surface area contributed by atoms with Crippen LogP contribution in [0, 0.1) is 24.2 Å². The summed E-state index contributed by atoms with van der Waals surface area (Å²) in [6, 6.07) is 8.07. The van der Waals surface area contributed by atoms with Crippen molar-refractivity contribution in [1.82, 2.24) is 4.98 Å². The van der Waals surface area contributed by atoms with Gasteiger partial charge in [-0.05, 0) is 43.9 Å². The smallest absolute Gasteiger partial charge is 0.309 e. The maximum atomic E-state index is 12.3.